The third-order valence-corrected chi connectivity index (χ3v) is 4.46. The van der Waals surface area contributed by atoms with Gasteiger partial charge in [-0.1, -0.05) is 22.0 Å². The van der Waals surface area contributed by atoms with Crippen LogP contribution in [-0.4, -0.2) is 25.1 Å². The number of nitrogens with zero attached hydrogens (tertiary/aromatic N) is 2. The summed E-state index contributed by atoms with van der Waals surface area (Å²) in [5, 5.41) is 21.7. The zero-order chi connectivity index (χ0) is 17.1. The highest BCUT2D eigenvalue weighted by molar-refractivity contribution is 9.09. The highest BCUT2D eigenvalue weighted by Crippen LogP contribution is 2.28. The van der Waals surface area contributed by atoms with Gasteiger partial charge < -0.3 is 10.2 Å². The standard InChI is InChI=1S/C18H17BrN2O3/c19-9-2-1-7-15-16(23)14-8-4-10-20-17(14)21(18(15)24)12-5-3-6-13(22)11-12/h3-6,8,10-11,22-23H,1-2,7,9H2. The number of rotatable bonds is 5. The van der Waals surface area contributed by atoms with Crippen molar-refractivity contribution in [3.8, 4) is 17.2 Å². The van der Waals surface area contributed by atoms with Crippen molar-refractivity contribution >= 4 is 27.0 Å². The Morgan fingerprint density at radius 3 is 2.71 bits per heavy atom. The fraction of sp³-hybridized carbons (Fsp3) is 0.222. The molecule has 3 rings (SSSR count). The topological polar surface area (TPSA) is 75.3 Å². The molecule has 1 aromatic carbocycles. The first-order chi connectivity index (χ1) is 11.6. The maximum atomic E-state index is 13.0. The van der Waals surface area contributed by atoms with Gasteiger partial charge in [0.2, 0.25) is 0 Å². The second-order valence-electron chi connectivity index (χ2n) is 5.51. The highest BCUT2D eigenvalue weighted by Gasteiger charge is 2.17. The van der Waals surface area contributed by atoms with Gasteiger partial charge in [0.15, 0.2) is 5.65 Å². The Morgan fingerprint density at radius 2 is 1.96 bits per heavy atom. The van der Waals surface area contributed by atoms with Crippen LogP contribution in [0.5, 0.6) is 11.5 Å². The molecular formula is C18H17BrN2O3. The van der Waals surface area contributed by atoms with E-state index in [1.54, 1.807) is 36.5 Å². The number of phenolic OH excluding ortho intramolecular Hbond substituents is 1. The molecule has 0 bridgehead atoms. The predicted molar refractivity (Wildman–Crippen MR) is 97.4 cm³/mol. The molecule has 0 atom stereocenters. The number of halogens is 1. The lowest BCUT2D eigenvalue weighted by Gasteiger charge is -2.14. The Hall–Kier alpha value is -2.34. The number of benzene rings is 1. The van der Waals surface area contributed by atoms with E-state index in [1.807, 2.05) is 0 Å². The van der Waals surface area contributed by atoms with Crippen molar-refractivity contribution in [3.63, 3.8) is 0 Å². The first-order valence-corrected chi connectivity index (χ1v) is 8.82. The van der Waals surface area contributed by atoms with Crippen molar-refractivity contribution in [2.75, 3.05) is 5.33 Å². The van der Waals surface area contributed by atoms with E-state index in [4.69, 9.17) is 0 Å². The predicted octanol–water partition coefficient (Wildman–Crippen LogP) is 3.51. The van der Waals surface area contributed by atoms with Crippen molar-refractivity contribution < 1.29 is 10.2 Å². The van der Waals surface area contributed by atoms with Crippen LogP contribution in [0.2, 0.25) is 0 Å². The smallest absolute Gasteiger partial charge is 0.263 e. The molecule has 0 aliphatic rings. The van der Waals surface area contributed by atoms with Crippen LogP contribution in [0, 0.1) is 0 Å². The lowest BCUT2D eigenvalue weighted by Crippen LogP contribution is -2.23. The number of hydrogen-bond donors (Lipinski definition) is 2. The molecule has 0 saturated heterocycles. The quantitative estimate of drug-likeness (QED) is 0.517. The molecular weight excluding hydrogens is 372 g/mol. The van der Waals surface area contributed by atoms with Crippen molar-refractivity contribution in [3.05, 3.63) is 58.5 Å². The minimum Gasteiger partial charge on any atom is -0.508 e. The molecule has 0 aliphatic carbocycles. The van der Waals surface area contributed by atoms with Gasteiger partial charge in [-0.2, -0.15) is 0 Å². The van der Waals surface area contributed by atoms with Gasteiger partial charge in [-0.05, 0) is 43.5 Å². The van der Waals surface area contributed by atoms with Crippen LogP contribution in [0.1, 0.15) is 18.4 Å². The van der Waals surface area contributed by atoms with Crippen molar-refractivity contribution in [2.24, 2.45) is 0 Å². The Labute approximate surface area is 147 Å². The number of aromatic nitrogens is 2. The van der Waals surface area contributed by atoms with Crippen LogP contribution >= 0.6 is 15.9 Å². The molecule has 0 saturated carbocycles. The van der Waals surface area contributed by atoms with E-state index in [-0.39, 0.29) is 17.1 Å². The fourth-order valence-electron chi connectivity index (χ4n) is 2.75. The first-order valence-electron chi connectivity index (χ1n) is 7.70. The molecule has 2 heterocycles. The number of fused-ring (bicyclic) bond motifs is 1. The molecule has 2 N–H and O–H groups in total. The van der Waals surface area contributed by atoms with Gasteiger partial charge in [0, 0.05) is 17.6 Å². The summed E-state index contributed by atoms with van der Waals surface area (Å²) in [7, 11) is 0. The molecule has 0 spiro atoms. The average Bonchev–Trinajstić information content (AvgIpc) is 2.58. The molecule has 3 aromatic rings. The van der Waals surface area contributed by atoms with Crippen molar-refractivity contribution in [1.82, 2.24) is 9.55 Å². The summed E-state index contributed by atoms with van der Waals surface area (Å²) in [6.45, 7) is 0. The number of alkyl halides is 1. The molecule has 2 aromatic heterocycles. The Bertz CT molecular complexity index is 937. The largest absolute Gasteiger partial charge is 0.508 e. The van der Waals surface area contributed by atoms with Gasteiger partial charge in [-0.15, -0.1) is 0 Å². The van der Waals surface area contributed by atoms with Gasteiger partial charge >= 0.3 is 0 Å². The number of phenols is 1. The zero-order valence-corrected chi connectivity index (χ0v) is 14.5. The minimum atomic E-state index is -0.307. The second kappa shape index (κ2) is 7.05. The fourth-order valence-corrected chi connectivity index (χ4v) is 3.14. The molecule has 124 valence electrons. The number of pyridine rings is 2. The van der Waals surface area contributed by atoms with Crippen LogP contribution in [0.3, 0.4) is 0 Å². The molecule has 0 unspecified atom stereocenters. The van der Waals surface area contributed by atoms with Gasteiger partial charge in [-0.3, -0.25) is 9.36 Å². The maximum absolute atomic E-state index is 13.0. The average molecular weight is 389 g/mol. The number of hydrogen-bond acceptors (Lipinski definition) is 4. The van der Waals surface area contributed by atoms with E-state index >= 15 is 0 Å². The van der Waals surface area contributed by atoms with E-state index in [1.165, 1.54) is 10.6 Å². The van der Waals surface area contributed by atoms with Gasteiger partial charge in [0.05, 0.1) is 16.6 Å². The SMILES string of the molecule is O=c1c(CCCCBr)c(O)c2cccnc2n1-c1cccc(O)c1. The molecule has 5 nitrogen and oxygen atoms in total. The minimum absolute atomic E-state index is 0.00549. The van der Waals surface area contributed by atoms with Gasteiger partial charge in [0.25, 0.3) is 5.56 Å². The van der Waals surface area contributed by atoms with Crippen molar-refractivity contribution in [2.45, 2.75) is 19.3 Å². The molecule has 0 amide bonds. The summed E-state index contributed by atoms with van der Waals surface area (Å²) in [6.07, 6.45) is 3.76. The third-order valence-electron chi connectivity index (χ3n) is 3.90. The second-order valence-corrected chi connectivity index (χ2v) is 6.30. The third kappa shape index (κ3) is 3.01. The number of aromatic hydroxyl groups is 2. The summed E-state index contributed by atoms with van der Waals surface area (Å²) in [6, 6.07) is 9.92. The first kappa shape index (κ1) is 16.5. The van der Waals surface area contributed by atoms with Gasteiger partial charge in [-0.25, -0.2) is 4.98 Å². The molecule has 24 heavy (non-hydrogen) atoms. The number of unbranched alkanes of at least 4 members (excludes halogenated alkanes) is 1. The Kier molecular flexibility index (Phi) is 4.85. The van der Waals surface area contributed by atoms with Crippen LogP contribution < -0.4 is 5.56 Å². The Morgan fingerprint density at radius 1 is 1.12 bits per heavy atom. The van der Waals surface area contributed by atoms with E-state index in [0.717, 1.165) is 18.2 Å². The lowest BCUT2D eigenvalue weighted by molar-refractivity contribution is 0.470. The van der Waals surface area contributed by atoms with Crippen LogP contribution in [0.15, 0.2) is 47.4 Å². The van der Waals surface area contributed by atoms with Crippen LogP contribution in [0.25, 0.3) is 16.7 Å². The molecule has 0 fully saturated rings. The van der Waals surface area contributed by atoms with E-state index in [9.17, 15) is 15.0 Å². The monoisotopic (exact) mass is 388 g/mol. The summed E-state index contributed by atoms with van der Waals surface area (Å²) < 4.78 is 1.44. The molecule has 0 radical (unpaired) electrons. The highest BCUT2D eigenvalue weighted by atomic mass is 79.9. The normalized spacial score (nSPS) is 11.0. The van der Waals surface area contributed by atoms with Crippen molar-refractivity contribution in [1.29, 1.82) is 0 Å². The molecule has 6 heteroatoms. The summed E-state index contributed by atoms with van der Waals surface area (Å²) >= 11 is 3.38. The van der Waals surface area contributed by atoms with Crippen LogP contribution in [-0.2, 0) is 6.42 Å². The Balaban J connectivity index is 2.29. The van der Waals surface area contributed by atoms with E-state index < -0.39 is 0 Å². The summed E-state index contributed by atoms with van der Waals surface area (Å²) in [5.74, 6) is 0.0615. The lowest BCUT2D eigenvalue weighted by atomic mass is 10.1. The maximum Gasteiger partial charge on any atom is 0.263 e. The summed E-state index contributed by atoms with van der Waals surface area (Å²) in [4.78, 5) is 17.2. The van der Waals surface area contributed by atoms with Crippen LogP contribution in [0.4, 0.5) is 0 Å². The van der Waals surface area contributed by atoms with Gasteiger partial charge in [0.1, 0.15) is 11.5 Å². The summed E-state index contributed by atoms with van der Waals surface area (Å²) in [5.41, 5.74) is 0.957. The zero-order valence-electron chi connectivity index (χ0n) is 12.9. The van der Waals surface area contributed by atoms with E-state index in [0.29, 0.717) is 28.7 Å². The van der Waals surface area contributed by atoms with E-state index in [2.05, 4.69) is 20.9 Å². The molecule has 0 aliphatic heterocycles.